The lowest BCUT2D eigenvalue weighted by Crippen LogP contribution is -2.30. The summed E-state index contributed by atoms with van der Waals surface area (Å²) in [6, 6.07) is 18.0. The molecule has 0 aliphatic carbocycles. The van der Waals surface area contributed by atoms with Gasteiger partial charge >= 0.3 is 0 Å². The third-order valence-electron chi connectivity index (χ3n) is 3.67. The monoisotopic (exact) mass is 339 g/mol. The van der Waals surface area contributed by atoms with Gasteiger partial charge in [0.15, 0.2) is 0 Å². The highest BCUT2D eigenvalue weighted by atomic mass is 35.5. The second kappa shape index (κ2) is 7.43. The zero-order valence-corrected chi connectivity index (χ0v) is 14.1. The molecule has 0 fully saturated rings. The van der Waals surface area contributed by atoms with E-state index in [0.29, 0.717) is 17.4 Å². The first-order chi connectivity index (χ1) is 11.6. The second-order valence-corrected chi connectivity index (χ2v) is 6.20. The van der Waals surface area contributed by atoms with Crippen molar-refractivity contribution in [2.45, 2.75) is 6.54 Å². The molecule has 1 heterocycles. The van der Waals surface area contributed by atoms with Gasteiger partial charge in [-0.2, -0.15) is 0 Å². The number of fused-ring (bicyclic) bond motifs is 1. The van der Waals surface area contributed by atoms with Crippen molar-refractivity contribution >= 4 is 34.1 Å². The SMILES string of the molecule is CN(CC(=O)Nc1ccc(Cl)cn1)Cc1ccc2ccccc2c1. The number of aromatic nitrogens is 1. The van der Waals surface area contributed by atoms with Crippen molar-refractivity contribution in [1.29, 1.82) is 0 Å². The molecule has 24 heavy (non-hydrogen) atoms. The van der Waals surface area contributed by atoms with Gasteiger partial charge in [0.1, 0.15) is 5.82 Å². The molecule has 0 aliphatic heterocycles. The maximum absolute atomic E-state index is 12.1. The Labute approximate surface area is 146 Å². The van der Waals surface area contributed by atoms with Crippen molar-refractivity contribution in [2.24, 2.45) is 0 Å². The standard InChI is InChI=1S/C19H18ClN3O/c1-23(13-19(24)22-18-9-8-17(20)11-21-18)12-14-6-7-15-4-2-3-5-16(15)10-14/h2-11H,12-13H2,1H3,(H,21,22,24). The minimum Gasteiger partial charge on any atom is -0.310 e. The molecule has 1 aromatic heterocycles. The van der Waals surface area contributed by atoms with Crippen LogP contribution in [-0.4, -0.2) is 29.4 Å². The van der Waals surface area contributed by atoms with E-state index in [0.717, 1.165) is 0 Å². The molecule has 0 aliphatic rings. The van der Waals surface area contributed by atoms with Crippen LogP contribution in [0.4, 0.5) is 5.82 Å². The first-order valence-corrected chi connectivity index (χ1v) is 8.05. The van der Waals surface area contributed by atoms with Crippen molar-refractivity contribution in [3.63, 3.8) is 0 Å². The highest BCUT2D eigenvalue weighted by Crippen LogP contribution is 2.16. The Kier molecular flexibility index (Phi) is 5.08. The summed E-state index contributed by atoms with van der Waals surface area (Å²) in [6.45, 7) is 0.990. The van der Waals surface area contributed by atoms with E-state index >= 15 is 0 Å². The third kappa shape index (κ3) is 4.31. The first kappa shape index (κ1) is 16.4. The molecule has 0 atom stereocenters. The Balaban J connectivity index is 1.58. The molecule has 1 amide bonds. The number of carbonyl (C=O) groups is 1. The van der Waals surface area contributed by atoms with Crippen molar-refractivity contribution in [1.82, 2.24) is 9.88 Å². The Morgan fingerprint density at radius 1 is 1.12 bits per heavy atom. The van der Waals surface area contributed by atoms with Crippen LogP contribution in [0.25, 0.3) is 10.8 Å². The van der Waals surface area contributed by atoms with Gasteiger partial charge in [-0.3, -0.25) is 9.69 Å². The molecule has 0 spiro atoms. The van der Waals surface area contributed by atoms with Gasteiger partial charge in [-0.25, -0.2) is 4.98 Å². The lowest BCUT2D eigenvalue weighted by molar-refractivity contribution is -0.117. The predicted molar refractivity (Wildman–Crippen MR) is 98.2 cm³/mol. The Bertz CT molecular complexity index is 849. The molecule has 5 heteroatoms. The fraction of sp³-hybridized carbons (Fsp3) is 0.158. The van der Waals surface area contributed by atoms with Crippen molar-refractivity contribution in [3.8, 4) is 0 Å². The molecule has 0 radical (unpaired) electrons. The number of halogens is 1. The molecule has 0 bridgehead atoms. The van der Waals surface area contributed by atoms with E-state index in [4.69, 9.17) is 11.6 Å². The van der Waals surface area contributed by atoms with Crippen LogP contribution in [0.15, 0.2) is 60.8 Å². The van der Waals surface area contributed by atoms with Gasteiger partial charge in [0.05, 0.1) is 11.6 Å². The number of nitrogens with one attached hydrogen (secondary N) is 1. The molecule has 122 valence electrons. The Morgan fingerprint density at radius 2 is 1.92 bits per heavy atom. The number of hydrogen-bond acceptors (Lipinski definition) is 3. The minimum atomic E-state index is -0.104. The summed E-state index contributed by atoms with van der Waals surface area (Å²) in [4.78, 5) is 18.1. The predicted octanol–water partition coefficient (Wildman–Crippen LogP) is 3.96. The summed E-state index contributed by atoms with van der Waals surface area (Å²) >= 11 is 5.78. The van der Waals surface area contributed by atoms with Crippen molar-refractivity contribution in [2.75, 3.05) is 18.9 Å². The maximum Gasteiger partial charge on any atom is 0.239 e. The highest BCUT2D eigenvalue weighted by Gasteiger charge is 2.08. The summed E-state index contributed by atoms with van der Waals surface area (Å²) in [5.41, 5.74) is 1.17. The molecule has 3 aromatic rings. The summed E-state index contributed by atoms with van der Waals surface area (Å²) in [5.74, 6) is 0.400. The first-order valence-electron chi connectivity index (χ1n) is 7.68. The van der Waals surface area contributed by atoms with E-state index in [-0.39, 0.29) is 12.5 Å². The molecular weight excluding hydrogens is 322 g/mol. The highest BCUT2D eigenvalue weighted by molar-refractivity contribution is 6.30. The number of benzene rings is 2. The van der Waals surface area contributed by atoms with Crippen LogP contribution in [-0.2, 0) is 11.3 Å². The van der Waals surface area contributed by atoms with Gasteiger partial charge in [-0.1, -0.05) is 48.0 Å². The van der Waals surface area contributed by atoms with Gasteiger partial charge in [0.25, 0.3) is 0 Å². The van der Waals surface area contributed by atoms with Crippen LogP contribution in [0, 0.1) is 0 Å². The van der Waals surface area contributed by atoms with Crippen molar-refractivity contribution < 1.29 is 4.79 Å². The molecule has 0 saturated carbocycles. The topological polar surface area (TPSA) is 45.2 Å². The fourth-order valence-electron chi connectivity index (χ4n) is 2.58. The lowest BCUT2D eigenvalue weighted by Gasteiger charge is -2.16. The molecule has 0 unspecified atom stereocenters. The number of pyridine rings is 1. The van der Waals surface area contributed by atoms with E-state index in [1.807, 2.05) is 24.1 Å². The van der Waals surface area contributed by atoms with Gasteiger partial charge < -0.3 is 5.32 Å². The average Bonchev–Trinajstić information content (AvgIpc) is 2.56. The van der Waals surface area contributed by atoms with Gasteiger partial charge in [-0.05, 0) is 41.6 Å². The zero-order chi connectivity index (χ0) is 16.9. The van der Waals surface area contributed by atoms with E-state index in [1.54, 1.807) is 12.1 Å². The summed E-state index contributed by atoms with van der Waals surface area (Å²) in [5, 5.41) is 5.73. The number of amides is 1. The third-order valence-corrected chi connectivity index (χ3v) is 3.90. The molecular formula is C19H18ClN3O. The van der Waals surface area contributed by atoms with Crippen LogP contribution in [0.3, 0.4) is 0 Å². The molecule has 4 nitrogen and oxygen atoms in total. The van der Waals surface area contributed by atoms with Crippen LogP contribution < -0.4 is 5.32 Å². The van der Waals surface area contributed by atoms with E-state index in [2.05, 4.69) is 40.6 Å². The minimum absolute atomic E-state index is 0.104. The smallest absolute Gasteiger partial charge is 0.239 e. The molecule has 1 N–H and O–H groups in total. The summed E-state index contributed by atoms with van der Waals surface area (Å²) in [6.07, 6.45) is 1.51. The summed E-state index contributed by atoms with van der Waals surface area (Å²) < 4.78 is 0. The van der Waals surface area contributed by atoms with Crippen LogP contribution in [0.5, 0.6) is 0 Å². The number of hydrogen-bond donors (Lipinski definition) is 1. The molecule has 3 rings (SSSR count). The van der Waals surface area contributed by atoms with Gasteiger partial charge in [0, 0.05) is 12.7 Å². The van der Waals surface area contributed by atoms with Gasteiger partial charge in [-0.15, -0.1) is 0 Å². The number of likely N-dealkylation sites (N-methyl/N-ethyl adjacent to an activating group) is 1. The Hall–Kier alpha value is -2.43. The quantitative estimate of drug-likeness (QED) is 0.765. The van der Waals surface area contributed by atoms with E-state index in [9.17, 15) is 4.79 Å². The second-order valence-electron chi connectivity index (χ2n) is 5.76. The molecule has 0 saturated heterocycles. The number of nitrogens with zero attached hydrogens (tertiary/aromatic N) is 2. The number of anilines is 1. The van der Waals surface area contributed by atoms with Crippen LogP contribution in [0.1, 0.15) is 5.56 Å². The molecule has 2 aromatic carbocycles. The fourth-order valence-corrected chi connectivity index (χ4v) is 2.69. The van der Waals surface area contributed by atoms with Crippen molar-refractivity contribution in [3.05, 3.63) is 71.4 Å². The number of rotatable bonds is 5. The lowest BCUT2D eigenvalue weighted by atomic mass is 10.1. The largest absolute Gasteiger partial charge is 0.310 e. The Morgan fingerprint density at radius 3 is 2.67 bits per heavy atom. The summed E-state index contributed by atoms with van der Waals surface area (Å²) in [7, 11) is 1.92. The normalized spacial score (nSPS) is 11.0. The van der Waals surface area contributed by atoms with Gasteiger partial charge in [0.2, 0.25) is 5.91 Å². The van der Waals surface area contributed by atoms with Crippen LogP contribution >= 0.6 is 11.6 Å². The van der Waals surface area contributed by atoms with E-state index < -0.39 is 0 Å². The van der Waals surface area contributed by atoms with Crippen LogP contribution in [0.2, 0.25) is 5.02 Å². The number of carbonyl (C=O) groups excluding carboxylic acids is 1. The average molecular weight is 340 g/mol. The van der Waals surface area contributed by atoms with E-state index in [1.165, 1.54) is 22.5 Å². The maximum atomic E-state index is 12.1. The zero-order valence-electron chi connectivity index (χ0n) is 13.4.